The Morgan fingerprint density at radius 3 is 2.62 bits per heavy atom. The smallest absolute Gasteiger partial charge is 0.407 e. The summed E-state index contributed by atoms with van der Waals surface area (Å²) in [7, 11) is 2.47. The van der Waals surface area contributed by atoms with Crippen LogP contribution in [-0.2, 0) is 11.2 Å². The first kappa shape index (κ1) is 17.9. The molecule has 1 unspecified atom stereocenters. The second-order valence-corrected chi connectivity index (χ2v) is 6.68. The Morgan fingerprint density at radius 1 is 1.43 bits per heavy atom. The molecule has 0 fully saturated rings. The van der Waals surface area contributed by atoms with Gasteiger partial charge in [-0.2, -0.15) is 0 Å². The highest BCUT2D eigenvalue weighted by Crippen LogP contribution is 2.11. The number of carbonyl (C=O) groups is 1. The minimum atomic E-state index is -0.552. The second-order valence-electron chi connectivity index (χ2n) is 6.02. The molecule has 0 radical (unpaired) electrons. The zero-order valence-corrected chi connectivity index (χ0v) is 13.9. The predicted molar refractivity (Wildman–Crippen MR) is 86.3 cm³/mol. The van der Waals surface area contributed by atoms with Crippen LogP contribution in [-0.4, -0.2) is 24.3 Å². The number of amides is 1. The van der Waals surface area contributed by atoms with E-state index in [1.54, 1.807) is 20.8 Å². The van der Waals surface area contributed by atoms with Crippen molar-refractivity contribution in [3.05, 3.63) is 29.6 Å². The first-order chi connectivity index (χ1) is 9.69. The van der Waals surface area contributed by atoms with Crippen molar-refractivity contribution < 1.29 is 13.9 Å². The van der Waals surface area contributed by atoms with E-state index < -0.39 is 11.7 Å². The van der Waals surface area contributed by atoms with E-state index in [2.05, 4.69) is 14.6 Å². The van der Waals surface area contributed by atoms with Gasteiger partial charge in [0.2, 0.25) is 0 Å². The molecule has 0 bridgehead atoms. The van der Waals surface area contributed by atoms with Crippen LogP contribution in [0.15, 0.2) is 18.2 Å². The Hall–Kier alpha value is -1.19. The molecule has 0 aliphatic carbocycles. The van der Waals surface area contributed by atoms with Crippen molar-refractivity contribution in [1.82, 2.24) is 5.32 Å². The zero-order valence-electron chi connectivity index (χ0n) is 12.8. The topological polar surface area (TPSA) is 64.3 Å². The molecule has 1 aromatic carbocycles. The molecule has 4 nitrogen and oxygen atoms in total. The van der Waals surface area contributed by atoms with Gasteiger partial charge < -0.3 is 15.8 Å². The van der Waals surface area contributed by atoms with Crippen molar-refractivity contribution in [2.24, 2.45) is 5.73 Å². The van der Waals surface area contributed by atoms with Gasteiger partial charge in [-0.3, -0.25) is 0 Å². The molecule has 3 N–H and O–H groups in total. The molecule has 0 saturated heterocycles. The number of benzene rings is 1. The Labute approximate surface area is 127 Å². The number of hydrogen-bond acceptors (Lipinski definition) is 3. The largest absolute Gasteiger partial charge is 0.444 e. The van der Waals surface area contributed by atoms with E-state index in [-0.39, 0.29) is 11.9 Å². The lowest BCUT2D eigenvalue weighted by Gasteiger charge is -2.23. The number of hydrogen-bond donors (Lipinski definition) is 2. The number of carbonyl (C=O) groups excluding carboxylic acids is 1. The third-order valence-corrected chi connectivity index (χ3v) is 3.03. The quantitative estimate of drug-likeness (QED) is 0.818. The number of ether oxygens (including phenoxy) is 1. The van der Waals surface area contributed by atoms with Crippen LogP contribution in [0.2, 0.25) is 0 Å². The molecule has 118 valence electrons. The third kappa shape index (κ3) is 7.39. The molecule has 1 rings (SSSR count). The Bertz CT molecular complexity index is 469. The predicted octanol–water partition coefficient (Wildman–Crippen LogP) is 2.11. The Kier molecular flexibility index (Phi) is 6.56. The van der Waals surface area contributed by atoms with Crippen molar-refractivity contribution in [2.75, 3.05) is 6.54 Å². The summed E-state index contributed by atoms with van der Waals surface area (Å²) >= 11 is 0. The molecule has 21 heavy (non-hydrogen) atoms. The molecule has 1 aromatic rings. The fourth-order valence-electron chi connectivity index (χ4n) is 1.98. The van der Waals surface area contributed by atoms with Crippen LogP contribution in [0, 0.1) is 5.82 Å². The number of nitrogens with two attached hydrogens (primary N) is 1. The number of nitrogens with one attached hydrogen (secondary N) is 1. The standard InChI is InChI=1S/C15H24FN2O2P/c1-15(2,3)20-14(19)18-12(4-5-17)7-10-6-11(16)9-13(21)8-10/h6,8-9,12H,4-5,7,17,21H2,1-3H3,(H,18,19)/t12-/m1/s1. The first-order valence-corrected chi connectivity index (χ1v) is 7.52. The average molecular weight is 314 g/mol. The summed E-state index contributed by atoms with van der Waals surface area (Å²) in [6.07, 6.45) is 0.626. The summed E-state index contributed by atoms with van der Waals surface area (Å²) in [4.78, 5) is 11.8. The van der Waals surface area contributed by atoms with Crippen LogP contribution >= 0.6 is 9.24 Å². The van der Waals surface area contributed by atoms with Crippen molar-refractivity contribution in [3.8, 4) is 0 Å². The van der Waals surface area contributed by atoms with Gasteiger partial charge in [0, 0.05) is 6.04 Å². The maximum atomic E-state index is 13.4. The van der Waals surface area contributed by atoms with Crippen molar-refractivity contribution >= 4 is 20.6 Å². The fourth-order valence-corrected chi connectivity index (χ4v) is 2.35. The number of halogens is 1. The van der Waals surface area contributed by atoms with Crippen molar-refractivity contribution in [1.29, 1.82) is 0 Å². The summed E-state index contributed by atoms with van der Waals surface area (Å²) in [5.41, 5.74) is 5.84. The monoisotopic (exact) mass is 314 g/mol. The molecule has 1 amide bonds. The van der Waals surface area contributed by atoms with Gasteiger partial charge in [-0.05, 0) is 63.2 Å². The third-order valence-electron chi connectivity index (χ3n) is 2.70. The van der Waals surface area contributed by atoms with E-state index in [1.165, 1.54) is 12.1 Å². The van der Waals surface area contributed by atoms with Crippen molar-refractivity contribution in [2.45, 2.75) is 45.3 Å². The molecule has 2 atom stereocenters. The molecule has 0 aromatic heterocycles. The van der Waals surface area contributed by atoms with E-state index in [0.717, 1.165) is 10.9 Å². The van der Waals surface area contributed by atoms with Crippen LogP contribution in [0.4, 0.5) is 9.18 Å². The minimum Gasteiger partial charge on any atom is -0.444 e. The highest BCUT2D eigenvalue weighted by molar-refractivity contribution is 7.27. The molecule has 0 aliphatic rings. The molecule has 0 aliphatic heterocycles. The van der Waals surface area contributed by atoms with Crippen LogP contribution in [0.25, 0.3) is 0 Å². The second kappa shape index (κ2) is 7.71. The van der Waals surface area contributed by atoms with Gasteiger partial charge in [0.05, 0.1) is 0 Å². The maximum absolute atomic E-state index is 13.4. The highest BCUT2D eigenvalue weighted by Gasteiger charge is 2.19. The van der Waals surface area contributed by atoms with Gasteiger partial charge in [0.1, 0.15) is 11.4 Å². The van der Waals surface area contributed by atoms with Crippen LogP contribution in [0.1, 0.15) is 32.8 Å². The van der Waals surface area contributed by atoms with Gasteiger partial charge in [0.25, 0.3) is 0 Å². The molecular formula is C15H24FN2O2P. The van der Waals surface area contributed by atoms with Gasteiger partial charge in [-0.25, -0.2) is 9.18 Å². The Balaban J connectivity index is 2.71. The van der Waals surface area contributed by atoms with E-state index in [0.29, 0.717) is 19.4 Å². The van der Waals surface area contributed by atoms with E-state index in [9.17, 15) is 9.18 Å². The summed E-state index contributed by atoms with van der Waals surface area (Å²) < 4.78 is 18.6. The molecule has 6 heteroatoms. The van der Waals surface area contributed by atoms with Gasteiger partial charge in [-0.15, -0.1) is 9.24 Å². The molecular weight excluding hydrogens is 290 g/mol. The lowest BCUT2D eigenvalue weighted by molar-refractivity contribution is 0.0502. The summed E-state index contributed by atoms with van der Waals surface area (Å²) in [6, 6.07) is 4.59. The average Bonchev–Trinajstić information content (AvgIpc) is 2.24. The van der Waals surface area contributed by atoms with E-state index in [4.69, 9.17) is 10.5 Å². The van der Waals surface area contributed by atoms with E-state index >= 15 is 0 Å². The summed E-state index contributed by atoms with van der Waals surface area (Å²) in [5, 5.41) is 3.56. The summed E-state index contributed by atoms with van der Waals surface area (Å²) in [6.45, 7) is 5.84. The molecule has 0 spiro atoms. The van der Waals surface area contributed by atoms with E-state index in [1.807, 2.05) is 6.07 Å². The number of rotatable bonds is 5. The van der Waals surface area contributed by atoms with Crippen LogP contribution in [0.3, 0.4) is 0 Å². The first-order valence-electron chi connectivity index (χ1n) is 6.94. The summed E-state index contributed by atoms with van der Waals surface area (Å²) in [5.74, 6) is -0.290. The maximum Gasteiger partial charge on any atom is 0.407 e. The normalized spacial score (nSPS) is 12.9. The Morgan fingerprint density at radius 2 is 2.10 bits per heavy atom. The molecule has 0 heterocycles. The lowest BCUT2D eigenvalue weighted by Crippen LogP contribution is -2.41. The zero-order chi connectivity index (χ0) is 16.0. The fraction of sp³-hybridized carbons (Fsp3) is 0.533. The minimum absolute atomic E-state index is 0.184. The number of alkyl carbamates (subject to hydrolysis) is 1. The lowest BCUT2D eigenvalue weighted by atomic mass is 10.0. The highest BCUT2D eigenvalue weighted by atomic mass is 31.0. The van der Waals surface area contributed by atoms with Gasteiger partial charge >= 0.3 is 6.09 Å². The van der Waals surface area contributed by atoms with Gasteiger partial charge in [-0.1, -0.05) is 6.07 Å². The van der Waals surface area contributed by atoms with Crippen molar-refractivity contribution in [3.63, 3.8) is 0 Å². The van der Waals surface area contributed by atoms with Gasteiger partial charge in [0.15, 0.2) is 0 Å². The van der Waals surface area contributed by atoms with Crippen LogP contribution < -0.4 is 16.4 Å². The molecule has 0 saturated carbocycles. The SMILES string of the molecule is CC(C)(C)OC(=O)N[C@H](CCN)Cc1cc(F)cc(P)c1. The van der Waals surface area contributed by atoms with Crippen LogP contribution in [0.5, 0.6) is 0 Å².